The number of imidazole rings is 1. The zero-order chi connectivity index (χ0) is 18.8. The summed E-state index contributed by atoms with van der Waals surface area (Å²) in [6.45, 7) is 2.01. The summed E-state index contributed by atoms with van der Waals surface area (Å²) in [5, 5.41) is 8.79. The number of aromatic nitrogens is 2. The highest BCUT2D eigenvalue weighted by atomic mass is 16.1. The Balaban J connectivity index is 1.82. The van der Waals surface area contributed by atoms with Gasteiger partial charge in [-0.25, -0.2) is 4.98 Å². The van der Waals surface area contributed by atoms with Gasteiger partial charge in [-0.15, -0.1) is 10.2 Å². The molecule has 27 heavy (non-hydrogen) atoms. The number of carbonyl (C=O) groups excluding carboxylic acids is 1. The molecule has 4 rings (SSSR count). The summed E-state index contributed by atoms with van der Waals surface area (Å²) in [5.74, 6) is 0.181. The number of nitrogens with zero attached hydrogens (tertiary/aromatic N) is 4. The zero-order valence-corrected chi connectivity index (χ0v) is 14.7. The second-order valence-electron chi connectivity index (χ2n) is 6.15. The third-order valence-corrected chi connectivity index (χ3v) is 4.28. The summed E-state index contributed by atoms with van der Waals surface area (Å²) in [6.07, 6.45) is 1.92. The third kappa shape index (κ3) is 3.20. The monoisotopic (exact) mass is 355 g/mol. The van der Waals surface area contributed by atoms with Crippen molar-refractivity contribution >= 4 is 23.1 Å². The van der Waals surface area contributed by atoms with E-state index in [9.17, 15) is 4.79 Å². The first kappa shape index (κ1) is 16.7. The molecule has 0 saturated carbocycles. The summed E-state index contributed by atoms with van der Waals surface area (Å²) in [4.78, 5) is 16.0. The number of rotatable bonds is 4. The van der Waals surface area contributed by atoms with Gasteiger partial charge in [0.05, 0.1) is 5.69 Å². The summed E-state index contributed by atoms with van der Waals surface area (Å²) in [5.41, 5.74) is 9.97. The van der Waals surface area contributed by atoms with Gasteiger partial charge in [-0.3, -0.25) is 9.20 Å². The summed E-state index contributed by atoms with van der Waals surface area (Å²) < 4.78 is 1.93. The molecule has 4 aromatic rings. The Labute approximate surface area is 156 Å². The molecule has 0 bridgehead atoms. The molecule has 0 spiro atoms. The van der Waals surface area contributed by atoms with Crippen LogP contribution < -0.4 is 5.73 Å². The molecule has 0 unspecified atom stereocenters. The number of primary amides is 1. The molecule has 2 aromatic carbocycles. The maximum absolute atomic E-state index is 11.2. The molecule has 0 atom stereocenters. The topological polar surface area (TPSA) is 85.1 Å². The van der Waals surface area contributed by atoms with Crippen molar-refractivity contribution in [3.05, 3.63) is 84.1 Å². The first-order chi connectivity index (χ1) is 13.1. The van der Waals surface area contributed by atoms with Crippen LogP contribution >= 0.6 is 0 Å². The normalized spacial score (nSPS) is 11.3. The van der Waals surface area contributed by atoms with Crippen molar-refractivity contribution in [2.24, 2.45) is 16.0 Å². The molecular weight excluding hydrogens is 338 g/mol. The standard InChI is InChI=1S/C21H17N5O/c1-14-6-5-13-26-20(14)23-18(15-7-3-2-4-8-15)21(26)25-24-17-11-9-16(10-12-17)19(22)27/h2-13H,1H3,(H2,22,27). The van der Waals surface area contributed by atoms with Crippen molar-refractivity contribution in [2.75, 3.05) is 0 Å². The van der Waals surface area contributed by atoms with Gasteiger partial charge in [0.1, 0.15) is 11.3 Å². The molecule has 0 radical (unpaired) electrons. The van der Waals surface area contributed by atoms with Crippen LogP contribution in [0.4, 0.5) is 11.5 Å². The van der Waals surface area contributed by atoms with Crippen LogP contribution in [0.5, 0.6) is 0 Å². The van der Waals surface area contributed by atoms with Gasteiger partial charge in [0.15, 0.2) is 5.82 Å². The number of aryl methyl sites for hydroxylation is 1. The summed E-state index contributed by atoms with van der Waals surface area (Å²) in [7, 11) is 0. The van der Waals surface area contributed by atoms with Gasteiger partial charge < -0.3 is 5.73 Å². The van der Waals surface area contributed by atoms with E-state index < -0.39 is 5.91 Å². The number of carbonyl (C=O) groups is 1. The van der Waals surface area contributed by atoms with Gasteiger partial charge in [0.2, 0.25) is 5.91 Å². The Kier molecular flexibility index (Phi) is 4.22. The van der Waals surface area contributed by atoms with Crippen molar-refractivity contribution < 1.29 is 4.79 Å². The smallest absolute Gasteiger partial charge is 0.248 e. The third-order valence-electron chi connectivity index (χ3n) is 4.28. The van der Waals surface area contributed by atoms with Crippen molar-refractivity contribution in [2.45, 2.75) is 6.92 Å². The predicted molar refractivity (Wildman–Crippen MR) is 105 cm³/mol. The first-order valence-corrected chi connectivity index (χ1v) is 8.48. The van der Waals surface area contributed by atoms with Crippen LogP contribution in [-0.4, -0.2) is 15.3 Å². The Bertz CT molecular complexity index is 1140. The second-order valence-corrected chi connectivity index (χ2v) is 6.15. The number of pyridine rings is 1. The first-order valence-electron chi connectivity index (χ1n) is 8.48. The van der Waals surface area contributed by atoms with Crippen molar-refractivity contribution in [3.63, 3.8) is 0 Å². The number of amides is 1. The fourth-order valence-electron chi connectivity index (χ4n) is 2.87. The molecule has 0 aliphatic heterocycles. The largest absolute Gasteiger partial charge is 0.366 e. The fraction of sp³-hybridized carbons (Fsp3) is 0.0476. The SMILES string of the molecule is Cc1cccn2c(N=Nc3ccc(C(N)=O)cc3)c(-c3ccccc3)nc12. The van der Waals surface area contributed by atoms with E-state index in [1.54, 1.807) is 24.3 Å². The van der Waals surface area contributed by atoms with Crippen LogP contribution in [0.25, 0.3) is 16.9 Å². The molecule has 0 aliphatic carbocycles. The van der Waals surface area contributed by atoms with Crippen molar-refractivity contribution in [1.82, 2.24) is 9.38 Å². The van der Waals surface area contributed by atoms with E-state index in [1.807, 2.05) is 60.0 Å². The minimum atomic E-state index is -0.470. The predicted octanol–water partition coefficient (Wildman–Crippen LogP) is 4.82. The van der Waals surface area contributed by atoms with Crippen LogP contribution in [0.3, 0.4) is 0 Å². The highest BCUT2D eigenvalue weighted by Crippen LogP contribution is 2.33. The molecule has 0 saturated heterocycles. The Morgan fingerprint density at radius 3 is 2.41 bits per heavy atom. The lowest BCUT2D eigenvalue weighted by Gasteiger charge is -2.00. The molecule has 132 valence electrons. The van der Waals surface area contributed by atoms with Gasteiger partial charge in [-0.05, 0) is 42.8 Å². The second kappa shape index (κ2) is 6.84. The number of benzene rings is 2. The van der Waals surface area contributed by atoms with E-state index in [0.29, 0.717) is 17.1 Å². The number of azo groups is 1. The van der Waals surface area contributed by atoms with Crippen LogP contribution in [0.1, 0.15) is 15.9 Å². The highest BCUT2D eigenvalue weighted by Gasteiger charge is 2.15. The van der Waals surface area contributed by atoms with Gasteiger partial charge in [0.25, 0.3) is 0 Å². The minimum absolute atomic E-state index is 0.435. The van der Waals surface area contributed by atoms with Crippen LogP contribution in [0, 0.1) is 6.92 Å². The molecule has 6 nitrogen and oxygen atoms in total. The van der Waals surface area contributed by atoms with E-state index in [4.69, 9.17) is 10.7 Å². The molecule has 6 heteroatoms. The van der Waals surface area contributed by atoms with Gasteiger partial charge in [-0.1, -0.05) is 36.4 Å². The zero-order valence-electron chi connectivity index (χ0n) is 14.7. The van der Waals surface area contributed by atoms with E-state index >= 15 is 0 Å². The lowest BCUT2D eigenvalue weighted by molar-refractivity contribution is 0.100. The maximum Gasteiger partial charge on any atom is 0.248 e. The lowest BCUT2D eigenvalue weighted by atomic mass is 10.1. The van der Waals surface area contributed by atoms with Crippen LogP contribution in [0.2, 0.25) is 0 Å². The van der Waals surface area contributed by atoms with Gasteiger partial charge in [-0.2, -0.15) is 0 Å². The molecule has 2 N–H and O–H groups in total. The average molecular weight is 355 g/mol. The summed E-state index contributed by atoms with van der Waals surface area (Å²) in [6, 6.07) is 20.5. The molecule has 2 aromatic heterocycles. The summed E-state index contributed by atoms with van der Waals surface area (Å²) >= 11 is 0. The van der Waals surface area contributed by atoms with E-state index in [0.717, 1.165) is 22.5 Å². The molecule has 2 heterocycles. The van der Waals surface area contributed by atoms with Gasteiger partial charge in [0, 0.05) is 17.3 Å². The van der Waals surface area contributed by atoms with E-state index in [2.05, 4.69) is 10.2 Å². The van der Waals surface area contributed by atoms with E-state index in [1.165, 1.54) is 0 Å². The number of nitrogens with two attached hydrogens (primary N) is 1. The molecule has 0 aliphatic rings. The Morgan fingerprint density at radius 2 is 1.70 bits per heavy atom. The lowest BCUT2D eigenvalue weighted by Crippen LogP contribution is -2.10. The van der Waals surface area contributed by atoms with E-state index in [-0.39, 0.29) is 0 Å². The van der Waals surface area contributed by atoms with Crippen LogP contribution in [0.15, 0.2) is 83.2 Å². The Hall–Kier alpha value is -3.80. The van der Waals surface area contributed by atoms with Crippen LogP contribution in [-0.2, 0) is 0 Å². The molecular formula is C21H17N5O. The molecule has 1 amide bonds. The average Bonchev–Trinajstić information content (AvgIpc) is 3.07. The maximum atomic E-state index is 11.2. The van der Waals surface area contributed by atoms with Gasteiger partial charge >= 0.3 is 0 Å². The van der Waals surface area contributed by atoms with Crippen molar-refractivity contribution in [1.29, 1.82) is 0 Å². The quantitative estimate of drug-likeness (QED) is 0.532. The highest BCUT2D eigenvalue weighted by molar-refractivity contribution is 5.93. The molecule has 0 fully saturated rings. The number of hydrogen-bond acceptors (Lipinski definition) is 4. The van der Waals surface area contributed by atoms with Crippen molar-refractivity contribution in [3.8, 4) is 11.3 Å². The number of hydrogen-bond donors (Lipinski definition) is 1. The number of fused-ring (bicyclic) bond motifs is 1. The minimum Gasteiger partial charge on any atom is -0.366 e. The fourth-order valence-corrected chi connectivity index (χ4v) is 2.87. The Morgan fingerprint density at radius 1 is 0.963 bits per heavy atom.